The van der Waals surface area contributed by atoms with Gasteiger partial charge in [-0.25, -0.2) is 0 Å². The fourth-order valence-electron chi connectivity index (χ4n) is 10.2. The van der Waals surface area contributed by atoms with Crippen molar-refractivity contribution in [3.8, 4) is 11.5 Å². The third-order valence-electron chi connectivity index (χ3n) is 13.3. The topological polar surface area (TPSA) is 128 Å². The van der Waals surface area contributed by atoms with Crippen LogP contribution in [0.1, 0.15) is 27.8 Å². The summed E-state index contributed by atoms with van der Waals surface area (Å²) in [4.78, 5) is 2.29. The molecule has 0 spiro atoms. The van der Waals surface area contributed by atoms with Crippen LogP contribution in [0.3, 0.4) is 0 Å². The molecule has 1 heterocycles. The molecule has 0 aromatic heterocycles. The first-order valence-corrected chi connectivity index (χ1v) is 26.4. The number of rotatable bonds is 24. The van der Waals surface area contributed by atoms with E-state index in [4.69, 9.17) is 39.9 Å². The number of allylic oxidation sites excluding steroid dienone is 1. The number of anilines is 3. The lowest BCUT2D eigenvalue weighted by molar-refractivity contribution is 0.0388. The van der Waals surface area contributed by atoms with Crippen LogP contribution in [0, 0.1) is 0 Å². The zero-order chi connectivity index (χ0) is 49.2. The van der Waals surface area contributed by atoms with E-state index in [1.54, 1.807) is 0 Å². The van der Waals surface area contributed by atoms with Crippen molar-refractivity contribution in [3.63, 3.8) is 0 Å². The molecular weight excluding hydrogens is 918 g/mol. The van der Waals surface area contributed by atoms with Gasteiger partial charge in [-0.1, -0.05) is 121 Å². The maximum Gasteiger partial charge on any atom is 0.172 e. The van der Waals surface area contributed by atoms with Crippen molar-refractivity contribution in [2.24, 2.45) is 11.5 Å². The summed E-state index contributed by atoms with van der Waals surface area (Å²) >= 11 is 0. The van der Waals surface area contributed by atoms with Crippen molar-refractivity contribution in [3.05, 3.63) is 222 Å². The summed E-state index contributed by atoms with van der Waals surface area (Å²) in [5, 5.41) is 4.60. The molecule has 4 N–H and O–H groups in total. The zero-order valence-corrected chi connectivity index (χ0v) is 41.3. The van der Waals surface area contributed by atoms with Gasteiger partial charge in [0.15, 0.2) is 7.14 Å². The molecular formula is C61H60N3O7P. The normalized spacial score (nSPS) is 15.3. The van der Waals surface area contributed by atoms with Crippen LogP contribution in [0.25, 0.3) is 21.7 Å². The Kier molecular flexibility index (Phi) is 15.4. The van der Waals surface area contributed by atoms with Crippen molar-refractivity contribution in [1.29, 1.82) is 0 Å². The summed E-state index contributed by atoms with van der Waals surface area (Å²) in [6.07, 6.45) is 0. The van der Waals surface area contributed by atoms with Gasteiger partial charge < -0.3 is 49.4 Å². The molecule has 72 heavy (non-hydrogen) atoms. The first-order chi connectivity index (χ1) is 35.5. The number of para-hydroxylation sites is 2. The summed E-state index contributed by atoms with van der Waals surface area (Å²) < 4.78 is 52.2. The van der Waals surface area contributed by atoms with Gasteiger partial charge in [-0.15, -0.1) is 0 Å². The van der Waals surface area contributed by atoms with Crippen LogP contribution < -0.4 is 36.5 Å². The Morgan fingerprint density at radius 1 is 0.431 bits per heavy atom. The predicted octanol–water partition coefficient (Wildman–Crippen LogP) is 10.6. The van der Waals surface area contributed by atoms with Crippen molar-refractivity contribution < 1.29 is 33.0 Å². The Morgan fingerprint density at radius 3 is 1.40 bits per heavy atom. The SMILES string of the molecule is NCCOCCOCCOc1ccc(C2(c3ccc(OCCOCCOCCN)cc3)C3=C(c4ccc(N(c5ccccc5)c5ccccc5)cc42)P(=O)(c2ccccc2)c2cc4ccccc4cc23)cc1. The van der Waals surface area contributed by atoms with Crippen LogP contribution in [0.2, 0.25) is 0 Å². The van der Waals surface area contributed by atoms with Gasteiger partial charge in [-0.3, -0.25) is 0 Å². The van der Waals surface area contributed by atoms with Crippen molar-refractivity contribution >= 4 is 56.5 Å². The number of hydrogen-bond donors (Lipinski definition) is 2. The van der Waals surface area contributed by atoms with E-state index in [1.165, 1.54) is 0 Å². The van der Waals surface area contributed by atoms with Crippen molar-refractivity contribution in [1.82, 2.24) is 0 Å². The summed E-state index contributed by atoms with van der Waals surface area (Å²) in [5.41, 5.74) is 19.1. The molecule has 0 saturated heterocycles. The highest BCUT2D eigenvalue weighted by atomic mass is 31.2. The Hall–Kier alpha value is -6.85. The lowest BCUT2D eigenvalue weighted by atomic mass is 9.65. The fraction of sp³-hybridized carbons (Fsp3) is 0.213. The molecule has 366 valence electrons. The van der Waals surface area contributed by atoms with E-state index in [1.807, 2.05) is 72.8 Å². The number of nitrogens with two attached hydrogens (primary N) is 2. The highest BCUT2D eigenvalue weighted by Gasteiger charge is 2.57. The number of fused-ring (bicyclic) bond motifs is 5. The van der Waals surface area contributed by atoms with Gasteiger partial charge in [-0.05, 0) is 117 Å². The van der Waals surface area contributed by atoms with Crippen LogP contribution in [0.5, 0.6) is 11.5 Å². The molecule has 2 aliphatic rings. The van der Waals surface area contributed by atoms with Crippen LogP contribution in [-0.2, 0) is 28.9 Å². The van der Waals surface area contributed by atoms with Gasteiger partial charge in [0.2, 0.25) is 0 Å². The molecule has 0 saturated carbocycles. The first-order valence-electron chi connectivity index (χ1n) is 24.7. The number of ether oxygens (including phenoxy) is 6. The Morgan fingerprint density at radius 2 is 0.889 bits per heavy atom. The van der Waals surface area contributed by atoms with E-state index in [0.29, 0.717) is 90.7 Å². The molecule has 11 heteroatoms. The second-order valence-electron chi connectivity index (χ2n) is 17.6. The zero-order valence-electron chi connectivity index (χ0n) is 40.4. The lowest BCUT2D eigenvalue weighted by Gasteiger charge is -2.37. The molecule has 0 radical (unpaired) electrons. The Balaban J connectivity index is 1.16. The van der Waals surface area contributed by atoms with Gasteiger partial charge in [-0.2, -0.15) is 0 Å². The van der Waals surface area contributed by atoms with E-state index in [0.717, 1.165) is 77.1 Å². The molecule has 10 nitrogen and oxygen atoms in total. The van der Waals surface area contributed by atoms with Crippen LogP contribution in [0.4, 0.5) is 17.1 Å². The molecule has 1 unspecified atom stereocenters. The highest BCUT2D eigenvalue weighted by Crippen LogP contribution is 2.74. The standard InChI is InChI=1S/C61H60N3O7P/c62-30-32-66-34-36-68-38-40-70-52-25-20-47(21-26-52)61(48-22-27-53(28-23-48)71-41-39-69-37-35-67-33-31-63)57-44-51(64(49-14-4-1-5-15-49)50-16-6-2-7-17-50)24-29-55(57)60-59(61)56-42-45-12-10-11-13-46(45)43-58(56)72(60,65)54-18-8-3-9-19-54/h1-29,42-44H,30-41,62-63H2. The molecule has 1 aliphatic heterocycles. The van der Waals surface area contributed by atoms with Crippen LogP contribution in [0.15, 0.2) is 194 Å². The molecule has 8 aromatic carbocycles. The average molecular weight is 978 g/mol. The quantitative estimate of drug-likeness (QED) is 0.0446. The Bertz CT molecular complexity index is 3050. The van der Waals surface area contributed by atoms with Crippen LogP contribution in [-0.4, -0.2) is 79.2 Å². The summed E-state index contributed by atoms with van der Waals surface area (Å²) in [6, 6.07) is 67.3. The molecule has 1 aliphatic carbocycles. The molecule has 0 bridgehead atoms. The van der Waals surface area contributed by atoms with E-state index >= 15 is 4.57 Å². The van der Waals surface area contributed by atoms with E-state index in [9.17, 15) is 0 Å². The van der Waals surface area contributed by atoms with Crippen molar-refractivity contribution in [2.75, 3.05) is 84.1 Å². The van der Waals surface area contributed by atoms with E-state index in [2.05, 4.69) is 126 Å². The van der Waals surface area contributed by atoms with Gasteiger partial charge in [0, 0.05) is 46.1 Å². The minimum Gasteiger partial charge on any atom is -0.491 e. The van der Waals surface area contributed by atoms with Crippen LogP contribution >= 0.6 is 7.14 Å². The summed E-state index contributed by atoms with van der Waals surface area (Å²) in [5.74, 6) is 1.42. The smallest absolute Gasteiger partial charge is 0.172 e. The molecule has 0 amide bonds. The van der Waals surface area contributed by atoms with Gasteiger partial charge in [0.1, 0.15) is 24.7 Å². The molecule has 1 atom stereocenters. The maximum absolute atomic E-state index is 17.1. The van der Waals surface area contributed by atoms with Crippen molar-refractivity contribution in [2.45, 2.75) is 5.41 Å². The second kappa shape index (κ2) is 22.7. The number of benzene rings is 8. The minimum atomic E-state index is -3.55. The number of hydrogen-bond acceptors (Lipinski definition) is 10. The van der Waals surface area contributed by atoms with E-state index < -0.39 is 12.6 Å². The third-order valence-corrected chi connectivity index (χ3v) is 16.5. The summed E-state index contributed by atoms with van der Waals surface area (Å²) in [7, 11) is -3.55. The maximum atomic E-state index is 17.1. The molecule has 10 rings (SSSR count). The average Bonchev–Trinajstić information content (AvgIpc) is 3.88. The highest BCUT2D eigenvalue weighted by molar-refractivity contribution is 7.88. The monoisotopic (exact) mass is 977 g/mol. The largest absolute Gasteiger partial charge is 0.491 e. The first kappa shape index (κ1) is 48.8. The van der Waals surface area contributed by atoms with Gasteiger partial charge in [0.25, 0.3) is 0 Å². The van der Waals surface area contributed by atoms with E-state index in [-0.39, 0.29) is 0 Å². The lowest BCUT2D eigenvalue weighted by Crippen LogP contribution is -2.30. The second-order valence-corrected chi connectivity index (χ2v) is 20.3. The third kappa shape index (κ3) is 9.63. The van der Waals surface area contributed by atoms with Gasteiger partial charge >= 0.3 is 0 Å². The predicted molar refractivity (Wildman–Crippen MR) is 290 cm³/mol. The summed E-state index contributed by atoms with van der Waals surface area (Å²) in [6.45, 7) is 5.39. The number of nitrogens with zero attached hydrogens (tertiary/aromatic N) is 1. The fourth-order valence-corrected chi connectivity index (χ4v) is 13.6. The molecule has 8 aromatic rings. The van der Waals surface area contributed by atoms with Gasteiger partial charge in [0.05, 0.1) is 58.3 Å². The minimum absolute atomic E-state index is 0.368. The molecule has 0 fully saturated rings. The Labute approximate surface area is 422 Å².